The molecule has 3 atom stereocenters. The Morgan fingerprint density at radius 3 is 1.88 bits per heavy atom. The third-order valence-corrected chi connectivity index (χ3v) is 7.86. The Balaban J connectivity index is 1.98. The maximum atomic E-state index is 12.2. The largest absolute Gasteiger partial charge is 0.462 e. The van der Waals surface area contributed by atoms with Gasteiger partial charge in [0.1, 0.15) is 6.61 Å². The molecule has 0 aliphatic carbocycles. The molecule has 0 aromatic carbocycles. The lowest BCUT2D eigenvalue weighted by atomic mass is 10.1. The quantitative estimate of drug-likeness (QED) is 0.0380. The first-order valence-corrected chi connectivity index (χ1v) is 17.7. The predicted octanol–water partition coefficient (Wildman–Crippen LogP) is 9.49. The Bertz CT molecular complexity index is 758. The van der Waals surface area contributed by atoms with E-state index in [0.717, 1.165) is 44.9 Å². The van der Waals surface area contributed by atoms with Gasteiger partial charge in [-0.2, -0.15) is 0 Å². The van der Waals surface area contributed by atoms with Crippen molar-refractivity contribution in [3.63, 3.8) is 0 Å². The van der Waals surface area contributed by atoms with Crippen molar-refractivity contribution in [2.24, 2.45) is 0 Å². The number of esters is 2. The zero-order valence-electron chi connectivity index (χ0n) is 27.7. The fourth-order valence-corrected chi connectivity index (χ4v) is 5.05. The van der Waals surface area contributed by atoms with Gasteiger partial charge in [0.25, 0.3) is 0 Å². The summed E-state index contributed by atoms with van der Waals surface area (Å²) < 4.78 is 16.3. The van der Waals surface area contributed by atoms with Crippen LogP contribution in [0.1, 0.15) is 155 Å². The number of aliphatic hydroxyl groups is 1. The highest BCUT2D eigenvalue weighted by Crippen LogP contribution is 2.30. The van der Waals surface area contributed by atoms with Gasteiger partial charge in [0, 0.05) is 12.8 Å². The van der Waals surface area contributed by atoms with E-state index in [2.05, 4.69) is 50.3 Å². The number of aliphatic hydroxyl groups excluding tert-OH is 1. The molecule has 1 rings (SSSR count). The van der Waals surface area contributed by atoms with Crippen LogP contribution in [0.5, 0.6) is 0 Å². The number of epoxide rings is 1. The van der Waals surface area contributed by atoms with E-state index in [1.807, 2.05) is 0 Å². The number of carbonyl (C=O) groups excluding carboxylic acids is 2. The third-order valence-electron chi connectivity index (χ3n) is 7.86. The minimum atomic E-state index is -0.806. The molecule has 1 aliphatic heterocycles. The fourth-order valence-electron chi connectivity index (χ4n) is 5.05. The molecule has 1 heterocycles. The third kappa shape index (κ3) is 25.1. The van der Waals surface area contributed by atoms with E-state index in [1.165, 1.54) is 77.0 Å². The minimum absolute atomic E-state index is 0.0931. The first-order chi connectivity index (χ1) is 21.1. The molecule has 248 valence electrons. The van der Waals surface area contributed by atoms with Crippen molar-refractivity contribution in [2.75, 3.05) is 13.2 Å². The summed E-state index contributed by atoms with van der Waals surface area (Å²) in [5.74, 6) is -0.669. The highest BCUT2D eigenvalue weighted by atomic mass is 16.6. The zero-order valence-corrected chi connectivity index (χ0v) is 27.7. The van der Waals surface area contributed by atoms with Gasteiger partial charge in [0.15, 0.2) is 6.10 Å². The minimum Gasteiger partial charge on any atom is -0.462 e. The molecule has 0 aromatic heterocycles. The highest BCUT2D eigenvalue weighted by molar-refractivity contribution is 5.70. The topological polar surface area (TPSA) is 85.4 Å². The van der Waals surface area contributed by atoms with Crippen molar-refractivity contribution in [1.82, 2.24) is 0 Å². The van der Waals surface area contributed by atoms with Gasteiger partial charge in [0.2, 0.25) is 0 Å². The maximum Gasteiger partial charge on any atom is 0.306 e. The molecule has 1 fully saturated rings. The lowest BCUT2D eigenvalue weighted by molar-refractivity contribution is -0.161. The van der Waals surface area contributed by atoms with E-state index in [1.54, 1.807) is 0 Å². The van der Waals surface area contributed by atoms with Gasteiger partial charge < -0.3 is 19.3 Å². The lowest BCUT2D eigenvalue weighted by Gasteiger charge is -2.15. The number of hydrogen-bond donors (Lipinski definition) is 1. The van der Waals surface area contributed by atoms with Crippen LogP contribution in [0.15, 0.2) is 36.5 Å². The molecule has 1 saturated heterocycles. The standard InChI is InChI=1S/C37H64O6/c1-3-5-7-9-11-13-15-17-18-20-22-24-27-34-35(43-34)28-26-30-37(40)42-33(31-38)32-41-36(39)29-25-23-21-19-16-14-12-10-8-6-4-2/h11,13,17-18,22,24,33-35,38H,3-10,12,14-16,19-21,23,25-32H2,1-2H3/b13-11-,18-17-,24-22-/t33-,34?,35?/m0/s1. The first kappa shape index (κ1) is 39.1. The monoisotopic (exact) mass is 604 g/mol. The normalized spacial score (nSPS) is 17.3. The SMILES string of the molecule is CCCCC/C=C\C/C=C\C/C=C\CC1OC1CCCC(=O)O[C@@H](CO)COC(=O)CCCCCCCCCCCCC. The number of allylic oxidation sites excluding steroid dienone is 5. The molecule has 43 heavy (non-hydrogen) atoms. The number of carbonyl (C=O) groups is 2. The van der Waals surface area contributed by atoms with Gasteiger partial charge in [-0.05, 0) is 51.4 Å². The van der Waals surface area contributed by atoms with Crippen molar-refractivity contribution in [1.29, 1.82) is 0 Å². The number of unbranched alkanes of at least 4 members (excludes halogenated alkanes) is 13. The Morgan fingerprint density at radius 2 is 1.23 bits per heavy atom. The molecule has 1 N–H and O–H groups in total. The van der Waals surface area contributed by atoms with Crippen LogP contribution in [0, 0.1) is 0 Å². The number of hydrogen-bond acceptors (Lipinski definition) is 6. The van der Waals surface area contributed by atoms with Crippen molar-refractivity contribution in [2.45, 2.75) is 173 Å². The van der Waals surface area contributed by atoms with E-state index < -0.39 is 6.10 Å². The van der Waals surface area contributed by atoms with E-state index in [-0.39, 0.29) is 43.8 Å². The number of ether oxygens (including phenoxy) is 3. The van der Waals surface area contributed by atoms with Crippen LogP contribution in [-0.4, -0.2) is 48.6 Å². The molecule has 0 saturated carbocycles. The second-order valence-electron chi connectivity index (χ2n) is 12.0. The number of rotatable bonds is 30. The van der Waals surface area contributed by atoms with Crippen LogP contribution >= 0.6 is 0 Å². The van der Waals surface area contributed by atoms with Crippen molar-refractivity contribution >= 4 is 11.9 Å². The van der Waals surface area contributed by atoms with E-state index >= 15 is 0 Å². The summed E-state index contributed by atoms with van der Waals surface area (Å²) in [6, 6.07) is 0. The van der Waals surface area contributed by atoms with Crippen LogP contribution in [0.3, 0.4) is 0 Å². The molecule has 2 unspecified atom stereocenters. The fraction of sp³-hybridized carbons (Fsp3) is 0.784. The van der Waals surface area contributed by atoms with Crippen molar-refractivity contribution in [3.8, 4) is 0 Å². The van der Waals surface area contributed by atoms with Gasteiger partial charge in [-0.1, -0.05) is 127 Å². The summed E-state index contributed by atoms with van der Waals surface area (Å²) in [5, 5.41) is 9.53. The molecular weight excluding hydrogens is 540 g/mol. The second kappa shape index (κ2) is 28.8. The van der Waals surface area contributed by atoms with Gasteiger partial charge in [0.05, 0.1) is 18.8 Å². The highest BCUT2D eigenvalue weighted by Gasteiger charge is 2.36. The van der Waals surface area contributed by atoms with E-state index in [4.69, 9.17) is 14.2 Å². The molecule has 0 amide bonds. The smallest absolute Gasteiger partial charge is 0.306 e. The molecule has 6 nitrogen and oxygen atoms in total. The summed E-state index contributed by atoms with van der Waals surface area (Å²) in [6.07, 6.45) is 36.5. The molecule has 0 aromatic rings. The average molecular weight is 605 g/mol. The maximum absolute atomic E-state index is 12.2. The van der Waals surface area contributed by atoms with Crippen LogP contribution in [0.4, 0.5) is 0 Å². The van der Waals surface area contributed by atoms with Crippen LogP contribution in [0.25, 0.3) is 0 Å². The van der Waals surface area contributed by atoms with Gasteiger partial charge in [-0.25, -0.2) is 0 Å². The van der Waals surface area contributed by atoms with Gasteiger partial charge in [-0.3, -0.25) is 9.59 Å². The molecule has 0 bridgehead atoms. The Hall–Kier alpha value is -1.92. The second-order valence-corrected chi connectivity index (χ2v) is 12.0. The summed E-state index contributed by atoms with van der Waals surface area (Å²) >= 11 is 0. The average Bonchev–Trinajstić information content (AvgIpc) is 3.76. The summed E-state index contributed by atoms with van der Waals surface area (Å²) in [4.78, 5) is 24.2. The predicted molar refractivity (Wildman–Crippen MR) is 177 cm³/mol. The lowest BCUT2D eigenvalue weighted by Crippen LogP contribution is -2.28. The molecule has 0 spiro atoms. The van der Waals surface area contributed by atoms with E-state index in [0.29, 0.717) is 12.8 Å². The molecular formula is C37H64O6. The Labute approximate surface area is 263 Å². The molecule has 0 radical (unpaired) electrons. The summed E-state index contributed by atoms with van der Waals surface area (Å²) in [7, 11) is 0. The molecule has 1 aliphatic rings. The summed E-state index contributed by atoms with van der Waals surface area (Å²) in [6.45, 7) is 4.02. The Kier molecular flexibility index (Phi) is 26.2. The summed E-state index contributed by atoms with van der Waals surface area (Å²) in [5.41, 5.74) is 0. The van der Waals surface area contributed by atoms with Crippen molar-refractivity contribution in [3.05, 3.63) is 36.5 Å². The molecule has 6 heteroatoms. The van der Waals surface area contributed by atoms with Crippen LogP contribution in [0.2, 0.25) is 0 Å². The Morgan fingerprint density at radius 1 is 0.674 bits per heavy atom. The van der Waals surface area contributed by atoms with Crippen molar-refractivity contribution < 1.29 is 28.9 Å². The van der Waals surface area contributed by atoms with Gasteiger partial charge in [-0.15, -0.1) is 0 Å². The van der Waals surface area contributed by atoms with Crippen LogP contribution < -0.4 is 0 Å². The van der Waals surface area contributed by atoms with Crippen LogP contribution in [-0.2, 0) is 23.8 Å². The zero-order chi connectivity index (χ0) is 31.2. The first-order valence-electron chi connectivity index (χ1n) is 17.7. The van der Waals surface area contributed by atoms with E-state index in [9.17, 15) is 14.7 Å². The van der Waals surface area contributed by atoms with Gasteiger partial charge >= 0.3 is 11.9 Å².